The molecule has 0 spiro atoms. The fourth-order valence-corrected chi connectivity index (χ4v) is 3.56. The maximum Gasteiger partial charge on any atom is 0.214 e. The lowest BCUT2D eigenvalue weighted by Gasteiger charge is -2.14. The molecule has 5 nitrogen and oxygen atoms in total. The summed E-state index contributed by atoms with van der Waals surface area (Å²) in [6.07, 6.45) is 1.88. The lowest BCUT2D eigenvalue weighted by Crippen LogP contribution is -2.13. The Labute approximate surface area is 169 Å². The molecule has 1 heterocycles. The largest absolute Gasteiger partial charge is 0.489 e. The number of nitro groups is 1. The van der Waals surface area contributed by atoms with Gasteiger partial charge in [0.15, 0.2) is 0 Å². The second-order valence-electron chi connectivity index (χ2n) is 7.20. The van der Waals surface area contributed by atoms with E-state index < -0.39 is 0 Å². The van der Waals surface area contributed by atoms with Crippen molar-refractivity contribution in [1.29, 1.82) is 0 Å². The number of ether oxygens (including phenoxy) is 1. The van der Waals surface area contributed by atoms with Crippen molar-refractivity contribution in [2.45, 2.75) is 19.4 Å². The first-order chi connectivity index (χ1) is 14.1. The highest BCUT2D eigenvalue weighted by atomic mass is 16.6. The molecule has 0 bridgehead atoms. The van der Waals surface area contributed by atoms with Crippen LogP contribution in [0, 0.1) is 17.0 Å². The SMILES string of the molecule is Cc1ccc(COc2ccc([C@H](C[N+](=O)[O-])c3c[nH]c4ccccc34)cc2)cc1. The van der Waals surface area contributed by atoms with Crippen molar-refractivity contribution in [2.24, 2.45) is 0 Å². The predicted octanol–water partition coefficient (Wildman–Crippen LogP) is 5.46. The number of fused-ring (bicyclic) bond motifs is 1. The van der Waals surface area contributed by atoms with Crippen LogP contribution in [0.3, 0.4) is 0 Å². The molecule has 0 saturated carbocycles. The highest BCUT2D eigenvalue weighted by Gasteiger charge is 2.23. The third-order valence-corrected chi connectivity index (χ3v) is 5.14. The molecule has 1 aromatic heterocycles. The number of hydrogen-bond acceptors (Lipinski definition) is 3. The van der Waals surface area contributed by atoms with Crippen LogP contribution in [0.25, 0.3) is 10.9 Å². The van der Waals surface area contributed by atoms with Crippen LogP contribution in [0.5, 0.6) is 5.75 Å². The van der Waals surface area contributed by atoms with Gasteiger partial charge < -0.3 is 9.72 Å². The number of aryl methyl sites for hydroxylation is 1. The van der Waals surface area contributed by atoms with E-state index in [9.17, 15) is 10.1 Å². The number of hydrogen-bond donors (Lipinski definition) is 1. The lowest BCUT2D eigenvalue weighted by molar-refractivity contribution is -0.481. The van der Waals surface area contributed by atoms with Crippen LogP contribution in [-0.4, -0.2) is 16.5 Å². The van der Waals surface area contributed by atoms with Crippen molar-refractivity contribution >= 4 is 10.9 Å². The molecular weight excluding hydrogens is 364 g/mol. The molecule has 0 aliphatic rings. The molecule has 0 radical (unpaired) electrons. The molecule has 4 rings (SSSR count). The Morgan fingerprint density at radius 3 is 2.45 bits per heavy atom. The quantitative estimate of drug-likeness (QED) is 0.338. The first-order valence-corrected chi connectivity index (χ1v) is 9.56. The van der Waals surface area contributed by atoms with Crippen LogP contribution >= 0.6 is 0 Å². The molecule has 0 amide bonds. The van der Waals surface area contributed by atoms with Gasteiger partial charge in [-0.3, -0.25) is 10.1 Å². The van der Waals surface area contributed by atoms with Gasteiger partial charge in [-0.2, -0.15) is 0 Å². The zero-order valence-corrected chi connectivity index (χ0v) is 16.2. The van der Waals surface area contributed by atoms with Gasteiger partial charge in [-0.05, 0) is 41.8 Å². The number of aromatic amines is 1. The Kier molecular flexibility index (Phi) is 5.29. The van der Waals surface area contributed by atoms with Gasteiger partial charge in [0.1, 0.15) is 12.4 Å². The summed E-state index contributed by atoms with van der Waals surface area (Å²) >= 11 is 0. The van der Waals surface area contributed by atoms with E-state index in [2.05, 4.69) is 24.0 Å². The standard InChI is InChI=1S/C24H22N2O3/c1-17-6-8-18(9-7-17)16-29-20-12-10-19(11-13-20)23(15-26(27)28)22-14-25-24-5-3-2-4-21(22)24/h2-14,23,25H,15-16H2,1H3/t23-/m0/s1. The molecule has 0 aliphatic heterocycles. The summed E-state index contributed by atoms with van der Waals surface area (Å²) in [4.78, 5) is 14.3. The van der Waals surface area contributed by atoms with Gasteiger partial charge in [0.25, 0.3) is 0 Å². The summed E-state index contributed by atoms with van der Waals surface area (Å²) in [6, 6.07) is 23.7. The summed E-state index contributed by atoms with van der Waals surface area (Å²) < 4.78 is 5.87. The molecule has 1 atom stereocenters. The smallest absolute Gasteiger partial charge is 0.214 e. The monoisotopic (exact) mass is 386 g/mol. The van der Waals surface area contributed by atoms with Crippen LogP contribution in [0.1, 0.15) is 28.2 Å². The topological polar surface area (TPSA) is 68.2 Å². The second kappa shape index (κ2) is 8.19. The number of rotatable bonds is 7. The van der Waals surface area contributed by atoms with Crippen molar-refractivity contribution in [3.8, 4) is 5.75 Å². The van der Waals surface area contributed by atoms with E-state index >= 15 is 0 Å². The summed E-state index contributed by atoms with van der Waals surface area (Å²) in [6.45, 7) is 2.38. The fraction of sp³-hybridized carbons (Fsp3) is 0.167. The molecule has 29 heavy (non-hydrogen) atoms. The van der Waals surface area contributed by atoms with Crippen LogP contribution in [0.4, 0.5) is 0 Å². The van der Waals surface area contributed by atoms with Crippen LogP contribution < -0.4 is 4.74 Å². The van der Waals surface area contributed by atoms with E-state index in [4.69, 9.17) is 4.74 Å². The maximum absolute atomic E-state index is 11.3. The van der Waals surface area contributed by atoms with Gasteiger partial charge in [-0.15, -0.1) is 0 Å². The zero-order chi connectivity index (χ0) is 20.2. The van der Waals surface area contributed by atoms with Gasteiger partial charge in [0.05, 0.1) is 5.92 Å². The van der Waals surface area contributed by atoms with Gasteiger partial charge in [-0.1, -0.05) is 60.2 Å². The Balaban J connectivity index is 1.55. The molecule has 4 aromatic rings. The molecular formula is C24H22N2O3. The maximum atomic E-state index is 11.3. The summed E-state index contributed by atoms with van der Waals surface area (Å²) in [5.41, 5.74) is 5.13. The van der Waals surface area contributed by atoms with E-state index in [0.29, 0.717) is 6.61 Å². The highest BCUT2D eigenvalue weighted by molar-refractivity contribution is 5.84. The molecule has 1 N–H and O–H groups in total. The van der Waals surface area contributed by atoms with Gasteiger partial charge in [0.2, 0.25) is 6.54 Å². The first kappa shape index (κ1) is 18.7. The van der Waals surface area contributed by atoms with Crippen molar-refractivity contribution in [1.82, 2.24) is 4.98 Å². The number of aromatic nitrogens is 1. The molecule has 146 valence electrons. The molecule has 0 saturated heterocycles. The third kappa shape index (κ3) is 4.29. The normalized spacial score (nSPS) is 12.0. The van der Waals surface area contributed by atoms with Crippen molar-refractivity contribution in [3.05, 3.63) is 111 Å². The average molecular weight is 386 g/mol. The van der Waals surface area contributed by atoms with E-state index in [0.717, 1.165) is 33.3 Å². The summed E-state index contributed by atoms with van der Waals surface area (Å²) in [5.74, 6) is 0.417. The van der Waals surface area contributed by atoms with Crippen molar-refractivity contribution in [2.75, 3.05) is 6.54 Å². The van der Waals surface area contributed by atoms with Crippen LogP contribution in [0.15, 0.2) is 79.0 Å². The molecule has 0 fully saturated rings. The van der Waals surface area contributed by atoms with E-state index in [1.54, 1.807) is 0 Å². The van der Waals surface area contributed by atoms with E-state index in [-0.39, 0.29) is 17.4 Å². The summed E-state index contributed by atoms with van der Waals surface area (Å²) in [7, 11) is 0. The molecule has 0 unspecified atom stereocenters. The van der Waals surface area contributed by atoms with E-state index in [1.165, 1.54) is 5.56 Å². The molecule has 3 aromatic carbocycles. The predicted molar refractivity (Wildman–Crippen MR) is 114 cm³/mol. The van der Waals surface area contributed by atoms with Crippen LogP contribution in [0.2, 0.25) is 0 Å². The minimum Gasteiger partial charge on any atom is -0.489 e. The van der Waals surface area contributed by atoms with Gasteiger partial charge in [-0.25, -0.2) is 0 Å². The third-order valence-electron chi connectivity index (χ3n) is 5.14. The first-order valence-electron chi connectivity index (χ1n) is 9.56. The Morgan fingerprint density at radius 2 is 1.72 bits per heavy atom. The Hall–Kier alpha value is -3.60. The number of benzene rings is 3. The number of nitrogens with one attached hydrogen (secondary N) is 1. The minimum absolute atomic E-state index is 0.161. The summed E-state index contributed by atoms with van der Waals surface area (Å²) in [5, 5.41) is 12.3. The lowest BCUT2D eigenvalue weighted by atomic mass is 9.91. The van der Waals surface area contributed by atoms with E-state index in [1.807, 2.05) is 66.9 Å². The number of para-hydroxylation sites is 1. The van der Waals surface area contributed by atoms with Crippen LogP contribution in [-0.2, 0) is 6.61 Å². The van der Waals surface area contributed by atoms with Crippen molar-refractivity contribution < 1.29 is 9.66 Å². The zero-order valence-electron chi connectivity index (χ0n) is 16.2. The average Bonchev–Trinajstić information content (AvgIpc) is 3.16. The Morgan fingerprint density at radius 1 is 1.00 bits per heavy atom. The second-order valence-corrected chi connectivity index (χ2v) is 7.20. The van der Waals surface area contributed by atoms with Gasteiger partial charge in [0, 0.05) is 22.0 Å². The van der Waals surface area contributed by atoms with Crippen molar-refractivity contribution in [3.63, 3.8) is 0 Å². The minimum atomic E-state index is -0.327. The number of nitrogens with zero attached hydrogens (tertiary/aromatic N) is 1. The highest BCUT2D eigenvalue weighted by Crippen LogP contribution is 2.32. The Bertz CT molecular complexity index is 1120. The number of H-pyrrole nitrogens is 1. The fourth-order valence-electron chi connectivity index (χ4n) is 3.56. The molecule has 0 aliphatic carbocycles. The van der Waals surface area contributed by atoms with Gasteiger partial charge >= 0.3 is 0 Å². The molecule has 5 heteroatoms.